The fraction of sp³-hybridized carbons (Fsp3) is 0.345. The summed E-state index contributed by atoms with van der Waals surface area (Å²) in [6.45, 7) is 3.84. The number of carboxylic acids is 2. The lowest BCUT2D eigenvalue weighted by atomic mass is 9.77. The summed E-state index contributed by atoms with van der Waals surface area (Å²) in [5, 5.41) is 23.0. The number of carboxylic acid groups (broad SMARTS) is 2. The molecule has 2 atom stereocenters. The minimum Gasteiger partial charge on any atom is -0.481 e. The number of aryl methyl sites for hydroxylation is 2. The molecule has 4 rings (SSSR count). The van der Waals surface area contributed by atoms with Crippen LogP contribution in [0.3, 0.4) is 0 Å². The van der Waals surface area contributed by atoms with E-state index >= 15 is 0 Å². The second kappa shape index (κ2) is 12.0. The van der Waals surface area contributed by atoms with Gasteiger partial charge in [-0.05, 0) is 37.0 Å². The van der Waals surface area contributed by atoms with E-state index in [1.807, 2.05) is 26.0 Å². The molecule has 3 aromatic rings. The van der Waals surface area contributed by atoms with Gasteiger partial charge >= 0.3 is 17.9 Å². The van der Waals surface area contributed by atoms with Crippen molar-refractivity contribution in [2.75, 3.05) is 18.0 Å². The zero-order valence-corrected chi connectivity index (χ0v) is 22.0. The van der Waals surface area contributed by atoms with Gasteiger partial charge < -0.3 is 19.8 Å². The van der Waals surface area contributed by atoms with Gasteiger partial charge in [0.15, 0.2) is 0 Å². The molecular formula is C29H32N4O6. The molecule has 2 heterocycles. The molecule has 0 saturated heterocycles. The number of carbonyl (C=O) groups is 3. The first-order valence-electron chi connectivity index (χ1n) is 13.0. The van der Waals surface area contributed by atoms with Crippen LogP contribution in [0.25, 0.3) is 0 Å². The number of ether oxygens (including phenoxy) is 1. The Morgan fingerprint density at radius 3 is 2.28 bits per heavy atom. The molecule has 1 aromatic heterocycles. The van der Waals surface area contributed by atoms with Crippen molar-refractivity contribution in [1.29, 1.82) is 0 Å². The van der Waals surface area contributed by atoms with Crippen LogP contribution in [-0.2, 0) is 32.8 Å². The smallest absolute Gasteiger partial charge is 0.347 e. The normalized spacial score (nSPS) is 17.7. The van der Waals surface area contributed by atoms with E-state index in [2.05, 4.69) is 15.3 Å². The van der Waals surface area contributed by atoms with Crippen LogP contribution in [0, 0.1) is 0 Å². The maximum atomic E-state index is 13.4. The maximum Gasteiger partial charge on any atom is 0.347 e. The molecule has 0 aliphatic carbocycles. The molecule has 0 radical (unpaired) electrons. The molecule has 2 aromatic carbocycles. The number of hydrogen-bond donors (Lipinski definition) is 3. The number of anilines is 1. The van der Waals surface area contributed by atoms with E-state index < -0.39 is 23.6 Å². The zero-order chi connectivity index (χ0) is 28.0. The van der Waals surface area contributed by atoms with Crippen molar-refractivity contribution in [3.05, 3.63) is 83.2 Å². The summed E-state index contributed by atoms with van der Waals surface area (Å²) < 4.78 is 6.16. The SMILES string of the molecule is CCc1cc(CC)nc(OC(C(=O)O)C2(c3ccccc3)NCC(=O)N(CCCC(=O)O)c3ccccc32)n1. The third kappa shape index (κ3) is 5.75. The zero-order valence-electron chi connectivity index (χ0n) is 22.0. The van der Waals surface area contributed by atoms with Gasteiger partial charge in [0.1, 0.15) is 5.54 Å². The van der Waals surface area contributed by atoms with E-state index in [1.165, 1.54) is 4.90 Å². The first-order chi connectivity index (χ1) is 18.8. The van der Waals surface area contributed by atoms with Crippen molar-refractivity contribution >= 4 is 23.5 Å². The first kappa shape index (κ1) is 27.7. The van der Waals surface area contributed by atoms with Gasteiger partial charge in [-0.3, -0.25) is 14.9 Å². The van der Waals surface area contributed by atoms with Gasteiger partial charge in [-0.1, -0.05) is 62.4 Å². The summed E-state index contributed by atoms with van der Waals surface area (Å²) in [5.41, 5.74) is 1.50. The van der Waals surface area contributed by atoms with E-state index in [-0.39, 0.29) is 37.8 Å². The van der Waals surface area contributed by atoms with E-state index in [4.69, 9.17) is 9.84 Å². The maximum absolute atomic E-state index is 13.4. The van der Waals surface area contributed by atoms with E-state index in [1.54, 1.807) is 48.5 Å². The van der Waals surface area contributed by atoms with Gasteiger partial charge in [0.25, 0.3) is 0 Å². The van der Waals surface area contributed by atoms with Gasteiger partial charge in [0.2, 0.25) is 12.0 Å². The Balaban J connectivity index is 1.91. The van der Waals surface area contributed by atoms with Crippen LogP contribution in [-0.4, -0.2) is 57.2 Å². The van der Waals surface area contributed by atoms with E-state index in [0.717, 1.165) is 11.4 Å². The van der Waals surface area contributed by atoms with Crippen LogP contribution >= 0.6 is 0 Å². The Morgan fingerprint density at radius 2 is 1.67 bits per heavy atom. The molecule has 10 nitrogen and oxygen atoms in total. The monoisotopic (exact) mass is 532 g/mol. The van der Waals surface area contributed by atoms with Gasteiger partial charge in [-0.25, -0.2) is 14.8 Å². The molecule has 1 aliphatic rings. The molecular weight excluding hydrogens is 500 g/mol. The van der Waals surface area contributed by atoms with Crippen LogP contribution in [0.2, 0.25) is 0 Å². The van der Waals surface area contributed by atoms with Gasteiger partial charge in [-0.2, -0.15) is 0 Å². The standard InChI is InChI=1S/C29H32N4O6/c1-3-20-17-21(4-2)32-28(31-20)39-26(27(37)38)29(19-11-6-5-7-12-19)22-13-8-9-14-23(22)33(24(34)18-30-29)16-10-15-25(35)36/h5-9,11-14,17,26,30H,3-4,10,15-16,18H2,1-2H3,(H,35,36)(H,37,38). The average molecular weight is 533 g/mol. The molecule has 10 heteroatoms. The third-order valence-corrected chi connectivity index (χ3v) is 6.82. The second-order valence-electron chi connectivity index (χ2n) is 9.26. The summed E-state index contributed by atoms with van der Waals surface area (Å²) in [7, 11) is 0. The summed E-state index contributed by atoms with van der Waals surface area (Å²) in [5.74, 6) is -2.54. The topological polar surface area (TPSA) is 142 Å². The lowest BCUT2D eigenvalue weighted by molar-refractivity contribution is -0.149. The van der Waals surface area contributed by atoms with Crippen molar-refractivity contribution < 1.29 is 29.3 Å². The lowest BCUT2D eigenvalue weighted by Gasteiger charge is -2.39. The van der Waals surface area contributed by atoms with Crippen molar-refractivity contribution in [3.8, 4) is 6.01 Å². The third-order valence-electron chi connectivity index (χ3n) is 6.82. The Labute approximate surface area is 226 Å². The predicted octanol–water partition coefficient (Wildman–Crippen LogP) is 3.18. The quantitative estimate of drug-likeness (QED) is 0.339. The molecule has 39 heavy (non-hydrogen) atoms. The number of aromatic nitrogens is 2. The van der Waals surface area contributed by atoms with Crippen LogP contribution in [0.15, 0.2) is 60.7 Å². The summed E-state index contributed by atoms with van der Waals surface area (Å²) in [6.07, 6.45) is -0.189. The highest BCUT2D eigenvalue weighted by Crippen LogP contribution is 2.42. The molecule has 1 aliphatic heterocycles. The second-order valence-corrected chi connectivity index (χ2v) is 9.26. The van der Waals surface area contributed by atoms with E-state index in [9.17, 15) is 19.5 Å². The number of benzene rings is 2. The number of nitrogens with zero attached hydrogens (tertiary/aromatic N) is 3. The highest BCUT2D eigenvalue weighted by atomic mass is 16.5. The van der Waals surface area contributed by atoms with Crippen molar-refractivity contribution in [2.24, 2.45) is 0 Å². The number of carbonyl (C=O) groups excluding carboxylic acids is 1. The summed E-state index contributed by atoms with van der Waals surface area (Å²) in [4.78, 5) is 48.0. The summed E-state index contributed by atoms with van der Waals surface area (Å²) in [6, 6.07) is 17.8. The van der Waals surface area contributed by atoms with Gasteiger partial charge in [0.05, 0.1) is 6.54 Å². The highest BCUT2D eigenvalue weighted by Gasteiger charge is 2.52. The van der Waals surface area contributed by atoms with Crippen LogP contribution in [0.5, 0.6) is 6.01 Å². The Kier molecular flexibility index (Phi) is 8.55. The number of amides is 1. The number of nitrogens with one attached hydrogen (secondary N) is 1. The molecule has 0 fully saturated rings. The minimum absolute atomic E-state index is 0.0536. The lowest BCUT2D eigenvalue weighted by Crippen LogP contribution is -2.58. The summed E-state index contributed by atoms with van der Waals surface area (Å²) >= 11 is 0. The molecule has 0 saturated carbocycles. The Bertz CT molecular complexity index is 1330. The highest BCUT2D eigenvalue weighted by molar-refractivity contribution is 5.97. The van der Waals surface area contributed by atoms with Crippen molar-refractivity contribution in [1.82, 2.24) is 15.3 Å². The fourth-order valence-corrected chi connectivity index (χ4v) is 4.93. The number of rotatable bonds is 11. The van der Waals surface area contributed by atoms with Gasteiger partial charge in [-0.15, -0.1) is 0 Å². The Morgan fingerprint density at radius 1 is 1.03 bits per heavy atom. The average Bonchev–Trinajstić information content (AvgIpc) is 3.06. The van der Waals surface area contributed by atoms with Crippen molar-refractivity contribution in [3.63, 3.8) is 0 Å². The molecule has 204 valence electrons. The molecule has 0 bridgehead atoms. The van der Waals surface area contributed by atoms with Crippen LogP contribution in [0.4, 0.5) is 5.69 Å². The Hall–Kier alpha value is -4.31. The van der Waals surface area contributed by atoms with Crippen molar-refractivity contribution in [2.45, 2.75) is 51.2 Å². The number of fused-ring (bicyclic) bond motifs is 1. The number of hydrogen-bond acceptors (Lipinski definition) is 7. The molecule has 1 amide bonds. The predicted molar refractivity (Wildman–Crippen MR) is 144 cm³/mol. The van der Waals surface area contributed by atoms with Gasteiger partial charge in [0, 0.05) is 35.6 Å². The number of para-hydroxylation sites is 1. The molecule has 0 spiro atoms. The molecule has 3 N–H and O–H groups in total. The van der Waals surface area contributed by atoms with Crippen LogP contribution in [0.1, 0.15) is 49.2 Å². The fourth-order valence-electron chi connectivity index (χ4n) is 4.93. The largest absolute Gasteiger partial charge is 0.481 e. The minimum atomic E-state index is -1.57. The van der Waals surface area contributed by atoms with Crippen LogP contribution < -0.4 is 15.0 Å². The molecule has 2 unspecified atom stereocenters. The number of aliphatic carboxylic acids is 2. The van der Waals surface area contributed by atoms with E-state index in [0.29, 0.717) is 29.7 Å². The first-order valence-corrected chi connectivity index (χ1v) is 13.0.